The van der Waals surface area contributed by atoms with Gasteiger partial charge in [-0.05, 0) is 43.9 Å². The standard InChI is InChI=1S/C17H21N3O/c1-20-8-6-17(12-18,7-9-20)19-16(21)15-10-13-4-2-3-5-14(13)11-15/h2-5,15H,6-11H2,1H3,(H,19,21). The summed E-state index contributed by atoms with van der Waals surface area (Å²) in [7, 11) is 2.05. The summed E-state index contributed by atoms with van der Waals surface area (Å²) in [5, 5.41) is 12.6. The molecule has 0 aromatic heterocycles. The molecule has 0 bridgehead atoms. The van der Waals surface area contributed by atoms with E-state index in [2.05, 4.69) is 35.5 Å². The van der Waals surface area contributed by atoms with Gasteiger partial charge >= 0.3 is 0 Å². The molecule has 1 saturated heterocycles. The summed E-state index contributed by atoms with van der Waals surface area (Å²) in [4.78, 5) is 14.8. The van der Waals surface area contributed by atoms with Crippen molar-refractivity contribution in [3.05, 3.63) is 35.4 Å². The second-order valence-corrected chi connectivity index (χ2v) is 6.36. The average molecular weight is 283 g/mol. The number of benzene rings is 1. The Bertz CT molecular complexity index is 557. The normalized spacial score (nSPS) is 21.5. The first-order valence-corrected chi connectivity index (χ1v) is 7.60. The van der Waals surface area contributed by atoms with Crippen LogP contribution in [0.1, 0.15) is 24.0 Å². The van der Waals surface area contributed by atoms with Crippen molar-refractivity contribution in [1.82, 2.24) is 10.2 Å². The molecule has 1 aromatic rings. The Labute approximate surface area is 125 Å². The number of nitrogens with one attached hydrogen (secondary N) is 1. The lowest BCUT2D eigenvalue weighted by atomic mass is 9.88. The maximum Gasteiger partial charge on any atom is 0.225 e. The van der Waals surface area contributed by atoms with Gasteiger partial charge in [-0.15, -0.1) is 0 Å². The van der Waals surface area contributed by atoms with Gasteiger partial charge in [-0.25, -0.2) is 0 Å². The smallest absolute Gasteiger partial charge is 0.225 e. The van der Waals surface area contributed by atoms with Crippen LogP contribution in [0.25, 0.3) is 0 Å². The van der Waals surface area contributed by atoms with E-state index < -0.39 is 5.54 Å². The van der Waals surface area contributed by atoms with Crippen LogP contribution in [0, 0.1) is 17.2 Å². The summed E-state index contributed by atoms with van der Waals surface area (Å²) in [5.41, 5.74) is 1.87. The predicted molar refractivity (Wildman–Crippen MR) is 80.6 cm³/mol. The maximum atomic E-state index is 12.6. The van der Waals surface area contributed by atoms with Crippen LogP contribution >= 0.6 is 0 Å². The van der Waals surface area contributed by atoms with Crippen LogP contribution in [0.15, 0.2) is 24.3 Å². The van der Waals surface area contributed by atoms with E-state index in [1.165, 1.54) is 11.1 Å². The van der Waals surface area contributed by atoms with Crippen LogP contribution in [0.5, 0.6) is 0 Å². The van der Waals surface area contributed by atoms with Gasteiger partial charge in [0.2, 0.25) is 5.91 Å². The van der Waals surface area contributed by atoms with Gasteiger partial charge in [0.15, 0.2) is 0 Å². The lowest BCUT2D eigenvalue weighted by Crippen LogP contribution is -2.55. The second-order valence-electron chi connectivity index (χ2n) is 6.36. The summed E-state index contributed by atoms with van der Waals surface area (Å²) >= 11 is 0. The van der Waals surface area contributed by atoms with Gasteiger partial charge in [0.1, 0.15) is 5.54 Å². The number of carbonyl (C=O) groups excluding carboxylic acids is 1. The third kappa shape index (κ3) is 2.79. The average Bonchev–Trinajstić information content (AvgIpc) is 2.94. The Morgan fingerprint density at radius 2 is 1.86 bits per heavy atom. The quantitative estimate of drug-likeness (QED) is 0.895. The zero-order valence-corrected chi connectivity index (χ0v) is 12.4. The van der Waals surface area contributed by atoms with E-state index >= 15 is 0 Å². The van der Waals surface area contributed by atoms with E-state index in [1.807, 2.05) is 12.1 Å². The fraction of sp³-hybridized carbons (Fsp3) is 0.529. The molecule has 4 heteroatoms. The zero-order valence-electron chi connectivity index (χ0n) is 12.4. The highest BCUT2D eigenvalue weighted by Gasteiger charge is 2.38. The number of amides is 1. The van der Waals surface area contributed by atoms with Crippen molar-refractivity contribution >= 4 is 5.91 Å². The molecule has 1 heterocycles. The van der Waals surface area contributed by atoms with Crippen LogP contribution in [-0.4, -0.2) is 36.5 Å². The number of hydrogen-bond donors (Lipinski definition) is 1. The van der Waals surface area contributed by atoms with E-state index in [1.54, 1.807) is 0 Å². The molecule has 0 atom stereocenters. The molecular formula is C17H21N3O. The first-order valence-electron chi connectivity index (χ1n) is 7.60. The topological polar surface area (TPSA) is 56.1 Å². The van der Waals surface area contributed by atoms with Crippen LogP contribution in [-0.2, 0) is 17.6 Å². The van der Waals surface area contributed by atoms with Gasteiger partial charge in [0.25, 0.3) is 0 Å². The maximum absolute atomic E-state index is 12.6. The molecule has 1 aliphatic carbocycles. The lowest BCUT2D eigenvalue weighted by molar-refractivity contribution is -0.126. The van der Waals surface area contributed by atoms with Crippen molar-refractivity contribution < 1.29 is 4.79 Å². The summed E-state index contributed by atoms with van der Waals surface area (Å²) < 4.78 is 0. The minimum absolute atomic E-state index is 0.0210. The molecule has 0 saturated carbocycles. The van der Waals surface area contributed by atoms with Gasteiger partial charge in [-0.2, -0.15) is 5.26 Å². The molecule has 1 aliphatic heterocycles. The molecule has 2 aliphatic rings. The Hall–Kier alpha value is -1.86. The number of hydrogen-bond acceptors (Lipinski definition) is 3. The second kappa shape index (κ2) is 5.50. The van der Waals surface area contributed by atoms with Crippen molar-refractivity contribution in [2.75, 3.05) is 20.1 Å². The number of carbonyl (C=O) groups is 1. The fourth-order valence-electron chi connectivity index (χ4n) is 3.35. The molecule has 0 radical (unpaired) electrons. The zero-order chi connectivity index (χ0) is 14.9. The summed E-state index contributed by atoms with van der Waals surface area (Å²) in [6.45, 7) is 1.72. The third-order valence-corrected chi connectivity index (χ3v) is 4.84. The van der Waals surface area contributed by atoms with Crippen molar-refractivity contribution in [1.29, 1.82) is 5.26 Å². The number of rotatable bonds is 2. The monoisotopic (exact) mass is 283 g/mol. The van der Waals surface area contributed by atoms with Crippen molar-refractivity contribution in [3.8, 4) is 6.07 Å². The summed E-state index contributed by atoms with van der Waals surface area (Å²) in [6.07, 6.45) is 3.02. The van der Waals surface area contributed by atoms with E-state index in [0.29, 0.717) is 12.8 Å². The molecule has 1 aromatic carbocycles. The number of nitrogens with zero attached hydrogens (tertiary/aromatic N) is 2. The van der Waals surface area contributed by atoms with Gasteiger partial charge in [0, 0.05) is 19.0 Å². The largest absolute Gasteiger partial charge is 0.337 e. The minimum atomic E-state index is -0.668. The van der Waals surface area contributed by atoms with Gasteiger partial charge in [-0.3, -0.25) is 4.79 Å². The van der Waals surface area contributed by atoms with Gasteiger partial charge < -0.3 is 10.2 Å². The lowest BCUT2D eigenvalue weighted by Gasteiger charge is -2.36. The fourth-order valence-corrected chi connectivity index (χ4v) is 3.35. The van der Waals surface area contributed by atoms with E-state index in [-0.39, 0.29) is 11.8 Å². The Morgan fingerprint density at radius 1 is 1.29 bits per heavy atom. The Balaban J connectivity index is 1.66. The van der Waals surface area contributed by atoms with Crippen LogP contribution in [0.3, 0.4) is 0 Å². The molecule has 4 nitrogen and oxygen atoms in total. The number of piperidine rings is 1. The van der Waals surface area contributed by atoms with Crippen molar-refractivity contribution in [2.45, 2.75) is 31.2 Å². The minimum Gasteiger partial charge on any atom is -0.337 e. The molecular weight excluding hydrogens is 262 g/mol. The van der Waals surface area contributed by atoms with Crippen LogP contribution in [0.4, 0.5) is 0 Å². The van der Waals surface area contributed by atoms with Crippen LogP contribution in [0.2, 0.25) is 0 Å². The van der Waals surface area contributed by atoms with Gasteiger partial charge in [-0.1, -0.05) is 24.3 Å². The summed E-state index contributed by atoms with van der Waals surface area (Å²) in [6, 6.07) is 10.6. The highest BCUT2D eigenvalue weighted by molar-refractivity contribution is 5.81. The molecule has 3 rings (SSSR count). The highest BCUT2D eigenvalue weighted by Crippen LogP contribution is 2.28. The van der Waals surface area contributed by atoms with E-state index in [4.69, 9.17) is 0 Å². The molecule has 110 valence electrons. The Morgan fingerprint density at radius 3 is 2.38 bits per heavy atom. The van der Waals surface area contributed by atoms with E-state index in [9.17, 15) is 10.1 Å². The van der Waals surface area contributed by atoms with E-state index in [0.717, 1.165) is 25.9 Å². The third-order valence-electron chi connectivity index (χ3n) is 4.84. The van der Waals surface area contributed by atoms with Crippen molar-refractivity contribution in [3.63, 3.8) is 0 Å². The molecule has 1 fully saturated rings. The molecule has 0 spiro atoms. The first-order chi connectivity index (χ1) is 10.1. The molecule has 1 amide bonds. The predicted octanol–water partition coefficient (Wildman–Crippen LogP) is 1.51. The van der Waals surface area contributed by atoms with Crippen molar-refractivity contribution in [2.24, 2.45) is 5.92 Å². The van der Waals surface area contributed by atoms with Gasteiger partial charge in [0.05, 0.1) is 6.07 Å². The number of likely N-dealkylation sites (tertiary alicyclic amines) is 1. The SMILES string of the molecule is CN1CCC(C#N)(NC(=O)C2Cc3ccccc3C2)CC1. The van der Waals surface area contributed by atoms with Crippen LogP contribution < -0.4 is 5.32 Å². The Kier molecular flexibility index (Phi) is 3.69. The number of nitriles is 1. The molecule has 1 N–H and O–H groups in total. The number of fused-ring (bicyclic) bond motifs is 1. The highest BCUT2D eigenvalue weighted by atomic mass is 16.2. The first kappa shape index (κ1) is 14.1. The molecule has 0 unspecified atom stereocenters. The molecule has 21 heavy (non-hydrogen) atoms. The summed E-state index contributed by atoms with van der Waals surface area (Å²) in [5.74, 6) is 0.0181.